The summed E-state index contributed by atoms with van der Waals surface area (Å²) in [7, 11) is 0. The number of carbonyl (C=O) groups is 2. The van der Waals surface area contributed by atoms with E-state index in [0.717, 1.165) is 32.1 Å². The molecule has 0 spiro atoms. The van der Waals surface area contributed by atoms with Crippen LogP contribution in [0.25, 0.3) is 0 Å². The number of carbonyl (C=O) groups excluding carboxylic acids is 2. The standard InChI is InChI=1S/C15H28N2O2/c1-5-8-9-11(4)16-13-10-14(18)17(15(13)19)12(6-2)7-3/h11-13,16H,5-10H2,1-4H3. The Morgan fingerprint density at radius 3 is 2.42 bits per heavy atom. The van der Waals surface area contributed by atoms with Crippen LogP contribution in [0.5, 0.6) is 0 Å². The average molecular weight is 268 g/mol. The van der Waals surface area contributed by atoms with Crippen LogP contribution < -0.4 is 5.32 Å². The van der Waals surface area contributed by atoms with E-state index in [1.165, 1.54) is 4.90 Å². The van der Waals surface area contributed by atoms with E-state index < -0.39 is 0 Å². The van der Waals surface area contributed by atoms with Crippen LogP contribution in [-0.2, 0) is 9.59 Å². The van der Waals surface area contributed by atoms with Crippen molar-refractivity contribution in [3.05, 3.63) is 0 Å². The van der Waals surface area contributed by atoms with Crippen molar-refractivity contribution >= 4 is 11.8 Å². The number of nitrogens with zero attached hydrogens (tertiary/aromatic N) is 1. The Kier molecular flexibility index (Phi) is 6.49. The number of hydrogen-bond donors (Lipinski definition) is 1. The smallest absolute Gasteiger partial charge is 0.247 e. The summed E-state index contributed by atoms with van der Waals surface area (Å²) in [5.41, 5.74) is 0. The highest BCUT2D eigenvalue weighted by Crippen LogP contribution is 2.20. The Balaban J connectivity index is 2.59. The maximum atomic E-state index is 12.3. The molecule has 1 N–H and O–H groups in total. The fourth-order valence-electron chi connectivity index (χ4n) is 2.76. The van der Waals surface area contributed by atoms with Gasteiger partial charge >= 0.3 is 0 Å². The van der Waals surface area contributed by atoms with Gasteiger partial charge in [-0.3, -0.25) is 14.5 Å². The van der Waals surface area contributed by atoms with E-state index in [9.17, 15) is 9.59 Å². The largest absolute Gasteiger partial charge is 0.303 e. The van der Waals surface area contributed by atoms with Gasteiger partial charge in [-0.15, -0.1) is 0 Å². The molecule has 0 aromatic rings. The van der Waals surface area contributed by atoms with Crippen molar-refractivity contribution in [1.29, 1.82) is 0 Å². The van der Waals surface area contributed by atoms with Gasteiger partial charge in [-0.25, -0.2) is 0 Å². The van der Waals surface area contributed by atoms with Gasteiger partial charge in [0.25, 0.3) is 0 Å². The molecule has 1 heterocycles. The summed E-state index contributed by atoms with van der Waals surface area (Å²) in [5, 5.41) is 3.31. The molecule has 0 bridgehead atoms. The molecule has 110 valence electrons. The van der Waals surface area contributed by atoms with Gasteiger partial charge in [0.1, 0.15) is 0 Å². The minimum Gasteiger partial charge on any atom is -0.303 e. The molecule has 1 aliphatic heterocycles. The van der Waals surface area contributed by atoms with Crippen molar-refractivity contribution in [2.45, 2.75) is 84.3 Å². The Morgan fingerprint density at radius 1 is 1.26 bits per heavy atom. The number of likely N-dealkylation sites (tertiary alicyclic amines) is 1. The van der Waals surface area contributed by atoms with Crippen LogP contribution in [0, 0.1) is 0 Å². The van der Waals surface area contributed by atoms with E-state index in [2.05, 4.69) is 19.2 Å². The van der Waals surface area contributed by atoms with Crippen molar-refractivity contribution in [2.24, 2.45) is 0 Å². The first-order valence-corrected chi connectivity index (χ1v) is 7.66. The monoisotopic (exact) mass is 268 g/mol. The van der Waals surface area contributed by atoms with E-state index in [-0.39, 0.29) is 23.9 Å². The van der Waals surface area contributed by atoms with Gasteiger partial charge in [-0.05, 0) is 26.2 Å². The first kappa shape index (κ1) is 16.2. The van der Waals surface area contributed by atoms with Crippen molar-refractivity contribution in [3.63, 3.8) is 0 Å². The van der Waals surface area contributed by atoms with Gasteiger partial charge in [-0.2, -0.15) is 0 Å². The molecule has 4 nitrogen and oxygen atoms in total. The molecular formula is C15H28N2O2. The summed E-state index contributed by atoms with van der Waals surface area (Å²) in [6.45, 7) is 8.30. The molecule has 2 unspecified atom stereocenters. The molecule has 2 atom stereocenters. The topological polar surface area (TPSA) is 49.4 Å². The average Bonchev–Trinajstić information content (AvgIpc) is 2.65. The highest BCUT2D eigenvalue weighted by Gasteiger charge is 2.41. The number of unbranched alkanes of at least 4 members (excludes halogenated alkanes) is 1. The van der Waals surface area contributed by atoms with Crippen molar-refractivity contribution in [3.8, 4) is 0 Å². The summed E-state index contributed by atoms with van der Waals surface area (Å²) in [4.78, 5) is 25.8. The zero-order valence-corrected chi connectivity index (χ0v) is 12.7. The molecule has 1 rings (SSSR count). The molecular weight excluding hydrogens is 240 g/mol. The summed E-state index contributed by atoms with van der Waals surface area (Å²) in [6.07, 6.45) is 5.37. The SMILES string of the molecule is CCCCC(C)NC1CC(=O)N(C(CC)CC)C1=O. The molecule has 1 aliphatic rings. The number of imide groups is 1. The molecule has 0 saturated carbocycles. The van der Waals surface area contributed by atoms with Crippen LogP contribution in [0.15, 0.2) is 0 Å². The minimum absolute atomic E-state index is 0.0149. The predicted octanol–water partition coefficient (Wildman–Crippen LogP) is 2.47. The number of amides is 2. The van der Waals surface area contributed by atoms with Crippen LogP contribution in [0.4, 0.5) is 0 Å². The molecule has 4 heteroatoms. The fourth-order valence-corrected chi connectivity index (χ4v) is 2.76. The Bertz CT molecular complexity index is 313. The van der Waals surface area contributed by atoms with Gasteiger partial charge in [0.05, 0.1) is 12.5 Å². The zero-order chi connectivity index (χ0) is 14.4. The Labute approximate surface area is 116 Å². The minimum atomic E-state index is -0.306. The van der Waals surface area contributed by atoms with Crippen LogP contribution in [-0.4, -0.2) is 34.8 Å². The summed E-state index contributed by atoms with van der Waals surface area (Å²) in [6, 6.07) is 0.0565. The molecule has 0 radical (unpaired) electrons. The van der Waals surface area contributed by atoms with Gasteiger partial charge in [0.2, 0.25) is 11.8 Å². The third-order valence-electron chi connectivity index (χ3n) is 3.97. The van der Waals surface area contributed by atoms with E-state index >= 15 is 0 Å². The highest BCUT2D eigenvalue weighted by atomic mass is 16.2. The maximum Gasteiger partial charge on any atom is 0.247 e. The quantitative estimate of drug-likeness (QED) is 0.688. The van der Waals surface area contributed by atoms with Crippen molar-refractivity contribution < 1.29 is 9.59 Å². The second-order valence-corrected chi connectivity index (χ2v) is 5.54. The molecule has 1 saturated heterocycles. The van der Waals surface area contributed by atoms with E-state index in [1.807, 2.05) is 13.8 Å². The number of nitrogens with one attached hydrogen (secondary N) is 1. The van der Waals surface area contributed by atoms with Gasteiger partial charge in [0.15, 0.2) is 0 Å². The van der Waals surface area contributed by atoms with Crippen LogP contribution >= 0.6 is 0 Å². The Morgan fingerprint density at radius 2 is 1.89 bits per heavy atom. The lowest BCUT2D eigenvalue weighted by Gasteiger charge is -2.25. The first-order valence-electron chi connectivity index (χ1n) is 7.66. The third-order valence-corrected chi connectivity index (χ3v) is 3.97. The zero-order valence-electron chi connectivity index (χ0n) is 12.7. The van der Waals surface area contributed by atoms with Crippen molar-refractivity contribution in [2.75, 3.05) is 0 Å². The predicted molar refractivity (Wildman–Crippen MR) is 76.8 cm³/mol. The molecule has 0 aromatic heterocycles. The van der Waals surface area contributed by atoms with Gasteiger partial charge in [-0.1, -0.05) is 33.6 Å². The van der Waals surface area contributed by atoms with Crippen LogP contribution in [0.2, 0.25) is 0 Å². The summed E-state index contributed by atoms with van der Waals surface area (Å²) >= 11 is 0. The fraction of sp³-hybridized carbons (Fsp3) is 0.867. The van der Waals surface area contributed by atoms with E-state index in [1.54, 1.807) is 0 Å². The summed E-state index contributed by atoms with van der Waals surface area (Å²) < 4.78 is 0. The van der Waals surface area contributed by atoms with Gasteiger partial charge < -0.3 is 5.32 Å². The van der Waals surface area contributed by atoms with Crippen LogP contribution in [0.3, 0.4) is 0 Å². The number of rotatable bonds is 8. The maximum absolute atomic E-state index is 12.3. The number of hydrogen-bond acceptors (Lipinski definition) is 3. The molecule has 2 amide bonds. The Hall–Kier alpha value is -0.900. The lowest BCUT2D eigenvalue weighted by molar-refractivity contribution is -0.141. The van der Waals surface area contributed by atoms with Crippen LogP contribution in [0.1, 0.15) is 66.2 Å². The second-order valence-electron chi connectivity index (χ2n) is 5.54. The lowest BCUT2D eigenvalue weighted by atomic mass is 10.1. The molecule has 19 heavy (non-hydrogen) atoms. The van der Waals surface area contributed by atoms with E-state index in [0.29, 0.717) is 12.5 Å². The first-order chi connectivity index (χ1) is 9.04. The molecule has 0 aromatic carbocycles. The second kappa shape index (κ2) is 7.63. The van der Waals surface area contributed by atoms with Crippen molar-refractivity contribution in [1.82, 2.24) is 10.2 Å². The highest BCUT2D eigenvalue weighted by molar-refractivity contribution is 6.05. The van der Waals surface area contributed by atoms with Gasteiger partial charge in [0, 0.05) is 12.1 Å². The molecule has 1 fully saturated rings. The third kappa shape index (κ3) is 4.03. The lowest BCUT2D eigenvalue weighted by Crippen LogP contribution is -2.45. The molecule has 0 aliphatic carbocycles. The summed E-state index contributed by atoms with van der Waals surface area (Å²) in [5.74, 6) is -0.0408. The normalized spacial score (nSPS) is 21.5. The van der Waals surface area contributed by atoms with E-state index in [4.69, 9.17) is 0 Å².